The largest absolute Gasteiger partial charge is 0.458 e. The molecule has 1 unspecified atom stereocenters. The van der Waals surface area contributed by atoms with Crippen molar-refractivity contribution in [3.05, 3.63) is 61.7 Å². The Balaban J connectivity index is 1.54. The SMILES string of the molecule is CC[C@@]1(O)C(=O)OCc2c1cc1n(c2=O)Cc2c-1nc1cc(F)c(C)c3c1c2[C@H]1NC(=O)C(O)(C(F)(F)F)[C@H]1C3. The predicted molar refractivity (Wildman–Crippen MR) is 128 cm³/mol. The van der Waals surface area contributed by atoms with Gasteiger partial charge in [-0.15, -0.1) is 0 Å². The Morgan fingerprint density at radius 1 is 1.18 bits per heavy atom. The maximum atomic E-state index is 15.1. The second-order valence-electron chi connectivity index (χ2n) is 10.8. The molecule has 0 saturated carbocycles. The van der Waals surface area contributed by atoms with E-state index in [9.17, 15) is 37.8 Å². The zero-order valence-electron chi connectivity index (χ0n) is 21.1. The van der Waals surface area contributed by atoms with Gasteiger partial charge in [0.1, 0.15) is 12.4 Å². The van der Waals surface area contributed by atoms with Crippen LogP contribution in [0.4, 0.5) is 17.6 Å². The van der Waals surface area contributed by atoms with Crippen molar-refractivity contribution in [1.29, 1.82) is 0 Å². The molecular formula is C27H21F4N3O6. The normalized spacial score (nSPS) is 28.1. The summed E-state index contributed by atoms with van der Waals surface area (Å²) in [5.41, 5.74) is -5.05. The Morgan fingerprint density at radius 3 is 2.58 bits per heavy atom. The maximum Gasteiger partial charge on any atom is 0.426 e. The van der Waals surface area contributed by atoms with E-state index < -0.39 is 59.0 Å². The topological polar surface area (TPSA) is 131 Å². The molecule has 3 aliphatic heterocycles. The minimum absolute atomic E-state index is 0.0418. The summed E-state index contributed by atoms with van der Waals surface area (Å²) in [5, 5.41) is 24.6. The van der Waals surface area contributed by atoms with Crippen LogP contribution in [-0.2, 0) is 39.5 Å². The van der Waals surface area contributed by atoms with Crippen LogP contribution in [0.25, 0.3) is 22.3 Å². The molecule has 4 aliphatic rings. The summed E-state index contributed by atoms with van der Waals surface area (Å²) >= 11 is 0. The molecule has 0 radical (unpaired) electrons. The number of hydrogen-bond donors (Lipinski definition) is 3. The highest BCUT2D eigenvalue weighted by atomic mass is 19.4. The average Bonchev–Trinajstić information content (AvgIpc) is 3.40. The van der Waals surface area contributed by atoms with Crippen LogP contribution in [0.1, 0.15) is 52.8 Å². The fourth-order valence-corrected chi connectivity index (χ4v) is 6.88. The van der Waals surface area contributed by atoms with Crippen LogP contribution in [0.3, 0.4) is 0 Å². The van der Waals surface area contributed by atoms with Gasteiger partial charge in [-0.25, -0.2) is 14.2 Å². The van der Waals surface area contributed by atoms with Crippen LogP contribution >= 0.6 is 0 Å². The van der Waals surface area contributed by atoms with Crippen molar-refractivity contribution in [2.45, 2.75) is 63.3 Å². The number of aromatic nitrogens is 2. The predicted octanol–water partition coefficient (Wildman–Crippen LogP) is 2.16. The Labute approximate surface area is 222 Å². The Morgan fingerprint density at radius 2 is 1.90 bits per heavy atom. The molecule has 208 valence electrons. The second-order valence-corrected chi connectivity index (χ2v) is 10.8. The molecule has 7 rings (SSSR count). The van der Waals surface area contributed by atoms with Crippen LogP contribution in [0.15, 0.2) is 16.9 Å². The Kier molecular flexibility index (Phi) is 4.69. The standard InChI is InChI=1S/C27H21F4N3O6/c1-3-25(38)13-5-17-20-11(7-34(17)22(35)12(13)8-40-24(25)37)19-18-10(9(2)15(28)6-16(18)32-20)4-14-21(19)33-23(36)26(14,39)27(29,30)31/h5-6,14,21,38-39H,3-4,7-8H2,1-2H3,(H,33,36)/t14-,21-,25-,26?/m0/s1. The molecule has 0 bridgehead atoms. The Hall–Kier alpha value is -3.84. The number of rotatable bonds is 1. The number of aliphatic hydroxyl groups is 2. The van der Waals surface area contributed by atoms with Gasteiger partial charge in [-0.05, 0) is 42.5 Å². The summed E-state index contributed by atoms with van der Waals surface area (Å²) < 4.78 is 63.9. The van der Waals surface area contributed by atoms with Gasteiger partial charge in [-0.2, -0.15) is 13.2 Å². The fourth-order valence-electron chi connectivity index (χ4n) is 6.88. The quantitative estimate of drug-likeness (QED) is 0.241. The van der Waals surface area contributed by atoms with E-state index >= 15 is 4.39 Å². The molecule has 3 aromatic rings. The van der Waals surface area contributed by atoms with Crippen molar-refractivity contribution in [2.24, 2.45) is 5.92 Å². The number of halogens is 4. The van der Waals surface area contributed by atoms with Gasteiger partial charge in [0, 0.05) is 28.5 Å². The molecule has 3 N–H and O–H groups in total. The molecule has 1 saturated heterocycles. The van der Waals surface area contributed by atoms with Crippen LogP contribution in [0, 0.1) is 18.7 Å². The van der Waals surface area contributed by atoms with Crippen LogP contribution in [0.5, 0.6) is 0 Å². The highest BCUT2D eigenvalue weighted by Gasteiger charge is 2.70. The number of fused-ring (bicyclic) bond motifs is 7. The summed E-state index contributed by atoms with van der Waals surface area (Å²) in [4.78, 5) is 43.4. The second kappa shape index (κ2) is 7.46. The number of carbonyl (C=O) groups excluding carboxylic acids is 2. The number of hydrogen-bond acceptors (Lipinski definition) is 7. The van der Waals surface area contributed by atoms with E-state index in [-0.39, 0.29) is 64.3 Å². The number of amides is 1. The van der Waals surface area contributed by atoms with Gasteiger partial charge in [0.05, 0.1) is 35.1 Å². The van der Waals surface area contributed by atoms with Crippen molar-refractivity contribution in [2.75, 3.05) is 0 Å². The summed E-state index contributed by atoms with van der Waals surface area (Å²) in [5.74, 6) is -4.95. The van der Waals surface area contributed by atoms with Gasteiger partial charge in [0.15, 0.2) is 5.60 Å². The number of alkyl halides is 3. The molecule has 40 heavy (non-hydrogen) atoms. The van der Waals surface area contributed by atoms with Gasteiger partial charge in [0.25, 0.3) is 11.5 Å². The third-order valence-corrected chi connectivity index (χ3v) is 9.09. The van der Waals surface area contributed by atoms with E-state index in [4.69, 9.17) is 4.74 Å². The fraction of sp³-hybridized carbons (Fsp3) is 0.407. The van der Waals surface area contributed by atoms with Gasteiger partial charge < -0.3 is 24.8 Å². The van der Waals surface area contributed by atoms with E-state index in [1.54, 1.807) is 6.92 Å². The first kappa shape index (κ1) is 25.1. The summed E-state index contributed by atoms with van der Waals surface area (Å²) in [6.45, 7) is 2.44. The number of nitrogens with one attached hydrogen (secondary N) is 1. The first-order chi connectivity index (χ1) is 18.7. The van der Waals surface area contributed by atoms with E-state index in [0.29, 0.717) is 10.9 Å². The molecule has 9 nitrogen and oxygen atoms in total. The molecule has 2 aromatic heterocycles. The van der Waals surface area contributed by atoms with E-state index in [2.05, 4.69) is 10.3 Å². The lowest BCUT2D eigenvalue weighted by molar-refractivity contribution is -0.261. The van der Waals surface area contributed by atoms with Crippen molar-refractivity contribution in [3.63, 3.8) is 0 Å². The molecule has 13 heteroatoms. The van der Waals surface area contributed by atoms with Crippen LogP contribution < -0.4 is 10.9 Å². The van der Waals surface area contributed by atoms with Crippen molar-refractivity contribution >= 4 is 22.8 Å². The van der Waals surface area contributed by atoms with E-state index in [1.165, 1.54) is 17.6 Å². The molecule has 5 heterocycles. The molecular weight excluding hydrogens is 538 g/mol. The number of ether oxygens (including phenoxy) is 1. The summed E-state index contributed by atoms with van der Waals surface area (Å²) in [6.07, 6.45) is -5.83. The van der Waals surface area contributed by atoms with Crippen molar-refractivity contribution < 1.29 is 42.1 Å². The highest BCUT2D eigenvalue weighted by molar-refractivity contribution is 5.97. The van der Waals surface area contributed by atoms with E-state index in [0.717, 1.165) is 6.07 Å². The smallest absolute Gasteiger partial charge is 0.426 e. The van der Waals surface area contributed by atoms with E-state index in [1.807, 2.05) is 0 Å². The molecule has 1 aliphatic carbocycles. The number of esters is 1. The maximum absolute atomic E-state index is 15.1. The lowest BCUT2D eigenvalue weighted by Crippen LogP contribution is -2.55. The van der Waals surface area contributed by atoms with Crippen molar-refractivity contribution in [3.8, 4) is 11.4 Å². The third-order valence-electron chi connectivity index (χ3n) is 9.09. The first-order valence-electron chi connectivity index (χ1n) is 12.7. The van der Waals surface area contributed by atoms with Gasteiger partial charge >= 0.3 is 12.1 Å². The number of benzene rings is 1. The summed E-state index contributed by atoms with van der Waals surface area (Å²) in [6, 6.07) is 1.28. The monoisotopic (exact) mass is 559 g/mol. The van der Waals surface area contributed by atoms with Crippen LogP contribution in [-0.4, -0.2) is 43.4 Å². The van der Waals surface area contributed by atoms with Crippen molar-refractivity contribution in [1.82, 2.24) is 14.9 Å². The highest BCUT2D eigenvalue weighted by Crippen LogP contribution is 2.55. The minimum atomic E-state index is -5.30. The first-order valence-corrected chi connectivity index (χ1v) is 12.7. The molecule has 1 aromatic carbocycles. The zero-order valence-corrected chi connectivity index (χ0v) is 21.1. The number of pyridine rings is 2. The molecule has 0 spiro atoms. The Bertz CT molecular complexity index is 1800. The van der Waals surface area contributed by atoms with Crippen LogP contribution in [0.2, 0.25) is 0 Å². The number of cyclic esters (lactones) is 1. The number of nitrogens with zero attached hydrogens (tertiary/aromatic N) is 2. The van der Waals surface area contributed by atoms with Gasteiger partial charge in [-0.1, -0.05) is 6.92 Å². The number of carbonyl (C=O) groups is 2. The lowest BCUT2D eigenvalue weighted by Gasteiger charge is -2.36. The lowest BCUT2D eigenvalue weighted by atomic mass is 9.71. The van der Waals surface area contributed by atoms with Gasteiger partial charge in [-0.3, -0.25) is 9.59 Å². The molecule has 1 amide bonds. The zero-order chi connectivity index (χ0) is 28.7. The average molecular weight is 559 g/mol. The minimum Gasteiger partial charge on any atom is -0.458 e. The summed E-state index contributed by atoms with van der Waals surface area (Å²) in [7, 11) is 0. The molecule has 1 fully saturated rings. The molecule has 4 atom stereocenters. The van der Waals surface area contributed by atoms with Gasteiger partial charge in [0.2, 0.25) is 5.60 Å². The third kappa shape index (κ3) is 2.74.